The van der Waals surface area contributed by atoms with Crippen molar-refractivity contribution < 1.29 is 9.53 Å². The third kappa shape index (κ3) is 5.30. The van der Waals surface area contributed by atoms with Gasteiger partial charge in [0.15, 0.2) is 6.23 Å². The zero-order chi connectivity index (χ0) is 18.4. The fourth-order valence-corrected chi connectivity index (χ4v) is 3.13. The topological polar surface area (TPSA) is 53.6 Å². The summed E-state index contributed by atoms with van der Waals surface area (Å²) in [7, 11) is 0. The van der Waals surface area contributed by atoms with Crippen LogP contribution in [0.25, 0.3) is 0 Å². The van der Waals surface area contributed by atoms with Crippen LogP contribution >= 0.6 is 11.6 Å². The molecule has 1 aliphatic heterocycles. The van der Waals surface area contributed by atoms with Gasteiger partial charge in [-0.25, -0.2) is 4.79 Å². The summed E-state index contributed by atoms with van der Waals surface area (Å²) < 4.78 is 5.64. The molecule has 1 atom stereocenters. The largest absolute Gasteiger partial charge is 0.471 e. The monoisotopic (exact) mass is 373 g/mol. The number of carbonyl (C=O) groups is 1. The third-order valence-electron chi connectivity index (χ3n) is 4.31. The molecule has 0 aliphatic carbocycles. The predicted octanol–water partition coefficient (Wildman–Crippen LogP) is 4.88. The molecule has 1 heterocycles. The minimum atomic E-state index is -0.469. The highest BCUT2D eigenvalue weighted by atomic mass is 35.5. The normalized spacial score (nSPS) is 15.2. The molecule has 26 heavy (non-hydrogen) atoms. The lowest BCUT2D eigenvalue weighted by Gasteiger charge is -2.28. The summed E-state index contributed by atoms with van der Waals surface area (Å²) in [6.45, 7) is 3.98. The molecule has 2 amide bonds. The first-order valence-electron chi connectivity index (χ1n) is 8.95. The Bertz CT molecular complexity index is 713. The van der Waals surface area contributed by atoms with Crippen LogP contribution in [0.1, 0.15) is 26.2 Å². The molecule has 2 aromatic carbocycles. The third-order valence-corrected chi connectivity index (χ3v) is 4.56. The maximum Gasteiger partial charge on any atom is 0.322 e. The van der Waals surface area contributed by atoms with E-state index in [2.05, 4.69) is 27.7 Å². The number of urea groups is 1. The SMILES string of the molecule is CC(NC(=O)Nc1ccc(N2CCCCC2)cc1)Oc1ccc(Cl)cc1. The van der Waals surface area contributed by atoms with E-state index in [4.69, 9.17) is 16.3 Å². The number of piperidine rings is 1. The van der Waals surface area contributed by atoms with Crippen LogP contribution < -0.4 is 20.3 Å². The van der Waals surface area contributed by atoms with Gasteiger partial charge in [0, 0.05) is 29.5 Å². The second kappa shape index (κ2) is 8.81. The molecular formula is C20H24ClN3O2. The molecule has 0 spiro atoms. The molecular weight excluding hydrogens is 350 g/mol. The number of hydrogen-bond acceptors (Lipinski definition) is 3. The maximum atomic E-state index is 12.1. The summed E-state index contributed by atoms with van der Waals surface area (Å²) in [6, 6.07) is 14.7. The molecule has 2 N–H and O–H groups in total. The quantitative estimate of drug-likeness (QED) is 0.734. The minimum absolute atomic E-state index is 0.308. The molecule has 0 saturated carbocycles. The molecule has 1 unspecified atom stereocenters. The highest BCUT2D eigenvalue weighted by Gasteiger charge is 2.12. The number of hydrogen-bond donors (Lipinski definition) is 2. The molecule has 0 aromatic heterocycles. The zero-order valence-corrected chi connectivity index (χ0v) is 15.6. The van der Waals surface area contributed by atoms with Crippen molar-refractivity contribution in [2.45, 2.75) is 32.4 Å². The van der Waals surface area contributed by atoms with E-state index in [1.165, 1.54) is 24.9 Å². The van der Waals surface area contributed by atoms with E-state index in [0.717, 1.165) is 18.8 Å². The molecule has 1 fully saturated rings. The Hall–Kier alpha value is -2.40. The Kier molecular flexibility index (Phi) is 6.23. The average Bonchev–Trinajstić information content (AvgIpc) is 2.65. The molecule has 2 aromatic rings. The van der Waals surface area contributed by atoms with Gasteiger partial charge < -0.3 is 20.3 Å². The lowest BCUT2D eigenvalue weighted by Crippen LogP contribution is -2.39. The van der Waals surface area contributed by atoms with Crippen molar-refractivity contribution in [3.05, 3.63) is 53.6 Å². The number of ether oxygens (including phenoxy) is 1. The van der Waals surface area contributed by atoms with E-state index >= 15 is 0 Å². The Labute approximate surface area is 159 Å². The van der Waals surface area contributed by atoms with Crippen molar-refractivity contribution >= 4 is 29.0 Å². The van der Waals surface area contributed by atoms with Crippen molar-refractivity contribution in [1.29, 1.82) is 0 Å². The van der Waals surface area contributed by atoms with Gasteiger partial charge in [-0.3, -0.25) is 0 Å². The summed E-state index contributed by atoms with van der Waals surface area (Å²) in [6.07, 6.45) is 3.33. The van der Waals surface area contributed by atoms with Gasteiger partial charge in [-0.05, 0) is 74.7 Å². The van der Waals surface area contributed by atoms with E-state index in [9.17, 15) is 4.79 Å². The summed E-state index contributed by atoms with van der Waals surface area (Å²) in [5.74, 6) is 0.646. The fourth-order valence-electron chi connectivity index (χ4n) is 3.01. The number of carbonyl (C=O) groups excluding carboxylic acids is 1. The lowest BCUT2D eigenvalue weighted by atomic mass is 10.1. The summed E-state index contributed by atoms with van der Waals surface area (Å²) in [4.78, 5) is 14.5. The van der Waals surface area contributed by atoms with Gasteiger partial charge >= 0.3 is 6.03 Å². The molecule has 0 bridgehead atoms. The lowest BCUT2D eigenvalue weighted by molar-refractivity contribution is 0.183. The van der Waals surface area contributed by atoms with Crippen LogP contribution in [0.5, 0.6) is 5.75 Å². The van der Waals surface area contributed by atoms with Gasteiger partial charge in [-0.2, -0.15) is 0 Å². The van der Waals surface area contributed by atoms with Crippen LogP contribution in [0.15, 0.2) is 48.5 Å². The van der Waals surface area contributed by atoms with Gasteiger partial charge in [-0.15, -0.1) is 0 Å². The van der Waals surface area contributed by atoms with Crippen LogP contribution in [0, 0.1) is 0 Å². The Morgan fingerprint density at radius 1 is 1.04 bits per heavy atom. The number of anilines is 2. The van der Waals surface area contributed by atoms with Gasteiger partial charge in [0.25, 0.3) is 0 Å². The van der Waals surface area contributed by atoms with Crippen LogP contribution in [-0.4, -0.2) is 25.3 Å². The first-order chi connectivity index (χ1) is 12.6. The molecule has 5 nitrogen and oxygen atoms in total. The number of nitrogens with one attached hydrogen (secondary N) is 2. The number of benzene rings is 2. The van der Waals surface area contributed by atoms with Crippen LogP contribution in [-0.2, 0) is 0 Å². The first kappa shape index (κ1) is 18.4. The smallest absolute Gasteiger partial charge is 0.322 e. The zero-order valence-electron chi connectivity index (χ0n) is 14.9. The Morgan fingerprint density at radius 2 is 1.69 bits per heavy atom. The van der Waals surface area contributed by atoms with E-state index in [0.29, 0.717) is 10.8 Å². The van der Waals surface area contributed by atoms with Crippen molar-refractivity contribution in [3.8, 4) is 5.75 Å². The van der Waals surface area contributed by atoms with Gasteiger partial charge in [0.2, 0.25) is 0 Å². The van der Waals surface area contributed by atoms with Gasteiger partial charge in [0.1, 0.15) is 5.75 Å². The van der Waals surface area contributed by atoms with Crippen molar-refractivity contribution in [1.82, 2.24) is 5.32 Å². The minimum Gasteiger partial charge on any atom is -0.471 e. The molecule has 1 saturated heterocycles. The van der Waals surface area contributed by atoms with Gasteiger partial charge in [0.05, 0.1) is 0 Å². The molecule has 3 rings (SSSR count). The predicted molar refractivity (Wildman–Crippen MR) is 106 cm³/mol. The van der Waals surface area contributed by atoms with E-state index < -0.39 is 6.23 Å². The Balaban J connectivity index is 1.48. The highest BCUT2D eigenvalue weighted by Crippen LogP contribution is 2.22. The second-order valence-corrected chi connectivity index (χ2v) is 6.84. The summed E-state index contributed by atoms with van der Waals surface area (Å²) in [5.41, 5.74) is 1.96. The van der Waals surface area contributed by atoms with E-state index in [1.807, 2.05) is 12.1 Å². The molecule has 1 aliphatic rings. The number of halogens is 1. The maximum absolute atomic E-state index is 12.1. The van der Waals surface area contributed by atoms with Crippen molar-refractivity contribution in [2.24, 2.45) is 0 Å². The molecule has 138 valence electrons. The number of rotatable bonds is 5. The van der Waals surface area contributed by atoms with E-state index in [-0.39, 0.29) is 6.03 Å². The fraction of sp³-hybridized carbons (Fsp3) is 0.350. The van der Waals surface area contributed by atoms with Crippen LogP contribution in [0.3, 0.4) is 0 Å². The number of amides is 2. The Morgan fingerprint density at radius 3 is 2.35 bits per heavy atom. The van der Waals surface area contributed by atoms with Crippen LogP contribution in [0.4, 0.5) is 16.2 Å². The van der Waals surface area contributed by atoms with E-state index in [1.54, 1.807) is 31.2 Å². The summed E-state index contributed by atoms with van der Waals surface area (Å²) >= 11 is 5.85. The highest BCUT2D eigenvalue weighted by molar-refractivity contribution is 6.30. The standard InChI is InChI=1S/C20H24ClN3O2/c1-15(26-19-11-5-16(21)6-12-19)22-20(25)23-17-7-9-18(10-8-17)24-13-3-2-4-14-24/h5-12,15H,2-4,13-14H2,1H3,(H2,22,23,25). The second-order valence-electron chi connectivity index (χ2n) is 6.41. The van der Waals surface area contributed by atoms with Gasteiger partial charge in [-0.1, -0.05) is 11.6 Å². The first-order valence-corrected chi connectivity index (χ1v) is 9.33. The number of nitrogens with zero attached hydrogens (tertiary/aromatic N) is 1. The van der Waals surface area contributed by atoms with Crippen molar-refractivity contribution in [3.63, 3.8) is 0 Å². The molecule has 6 heteroatoms. The average molecular weight is 374 g/mol. The molecule has 0 radical (unpaired) electrons. The summed E-state index contributed by atoms with van der Waals surface area (Å²) in [5, 5.41) is 6.22. The van der Waals surface area contributed by atoms with Crippen molar-refractivity contribution in [2.75, 3.05) is 23.3 Å². The van der Waals surface area contributed by atoms with Crippen LogP contribution in [0.2, 0.25) is 5.02 Å².